The molecule has 0 spiro atoms. The summed E-state index contributed by atoms with van der Waals surface area (Å²) in [5.74, 6) is -1.84. The number of ether oxygens (including phenoxy) is 1. The van der Waals surface area contributed by atoms with E-state index in [1.807, 2.05) is 52.0 Å². The average Bonchev–Trinajstić information content (AvgIpc) is 3.40. The number of phenolic OH excluding ortho intramolecular Hbond substituents is 1. The predicted octanol–water partition coefficient (Wildman–Crippen LogP) is 6.63. The standard InChI is InChI=1S/C29H25BrN2O5S/c1-13-6-7-15(3)18(9-13)25(33)22-24(17-11-19(30)26(34)20(12-17)37-5)32(28(36)27(22)35)29-31-23-16(4)8-14(2)10-21(23)38-29/h6-12,24,33-34H,1-5H3/b25-22+. The molecule has 38 heavy (non-hydrogen) atoms. The first-order valence-electron chi connectivity index (χ1n) is 11.8. The van der Waals surface area contributed by atoms with Crippen LogP contribution < -0.4 is 9.64 Å². The highest BCUT2D eigenvalue weighted by atomic mass is 79.9. The molecule has 1 aliphatic heterocycles. The lowest BCUT2D eigenvalue weighted by Crippen LogP contribution is -2.29. The summed E-state index contributed by atoms with van der Waals surface area (Å²) in [5, 5.41) is 22.3. The highest BCUT2D eigenvalue weighted by Crippen LogP contribution is 2.47. The molecule has 194 valence electrons. The van der Waals surface area contributed by atoms with Gasteiger partial charge in [0.15, 0.2) is 16.6 Å². The van der Waals surface area contributed by atoms with Crippen molar-refractivity contribution in [2.45, 2.75) is 33.7 Å². The molecule has 1 aliphatic rings. The van der Waals surface area contributed by atoms with Crippen LogP contribution in [0.3, 0.4) is 0 Å². The number of methoxy groups -OCH3 is 1. The average molecular weight is 593 g/mol. The third-order valence-corrected chi connectivity index (χ3v) is 8.31. The summed E-state index contributed by atoms with van der Waals surface area (Å²) in [6.45, 7) is 7.66. The van der Waals surface area contributed by atoms with E-state index in [2.05, 4.69) is 15.9 Å². The van der Waals surface area contributed by atoms with Crippen molar-refractivity contribution in [1.82, 2.24) is 4.98 Å². The quantitative estimate of drug-likeness (QED) is 0.157. The lowest BCUT2D eigenvalue weighted by Gasteiger charge is -2.24. The van der Waals surface area contributed by atoms with Gasteiger partial charge in [0, 0.05) is 5.56 Å². The van der Waals surface area contributed by atoms with Crippen LogP contribution in [0.1, 0.15) is 39.4 Å². The zero-order valence-corrected chi connectivity index (χ0v) is 23.8. The molecule has 9 heteroatoms. The number of carbonyl (C=O) groups excluding carboxylic acids is 2. The van der Waals surface area contributed by atoms with Gasteiger partial charge in [-0.25, -0.2) is 4.98 Å². The van der Waals surface area contributed by atoms with Crippen LogP contribution in [-0.4, -0.2) is 34.0 Å². The number of halogens is 1. The van der Waals surface area contributed by atoms with E-state index in [0.29, 0.717) is 20.7 Å². The Morgan fingerprint density at radius 3 is 2.47 bits per heavy atom. The van der Waals surface area contributed by atoms with Crippen LogP contribution in [0.4, 0.5) is 5.13 Å². The number of aliphatic hydroxyl groups is 1. The fourth-order valence-corrected chi connectivity index (χ4v) is 6.48. The molecule has 1 fully saturated rings. The van der Waals surface area contributed by atoms with E-state index in [4.69, 9.17) is 9.72 Å². The van der Waals surface area contributed by atoms with E-state index in [-0.39, 0.29) is 22.8 Å². The van der Waals surface area contributed by atoms with Gasteiger partial charge in [-0.15, -0.1) is 0 Å². The number of anilines is 1. The van der Waals surface area contributed by atoms with Crippen molar-refractivity contribution in [3.8, 4) is 11.5 Å². The number of aryl methyl sites for hydroxylation is 4. The van der Waals surface area contributed by atoms with Gasteiger partial charge in [0.05, 0.1) is 33.4 Å². The number of benzene rings is 3. The number of thiazole rings is 1. The first kappa shape index (κ1) is 25.9. The molecular weight excluding hydrogens is 568 g/mol. The minimum absolute atomic E-state index is 0.0597. The predicted molar refractivity (Wildman–Crippen MR) is 152 cm³/mol. The smallest absolute Gasteiger partial charge is 0.301 e. The molecule has 0 bridgehead atoms. The number of ketones is 1. The summed E-state index contributed by atoms with van der Waals surface area (Å²) in [5.41, 5.74) is 5.29. The van der Waals surface area contributed by atoms with Gasteiger partial charge < -0.3 is 14.9 Å². The molecule has 5 rings (SSSR count). The van der Waals surface area contributed by atoms with Gasteiger partial charge in [-0.3, -0.25) is 14.5 Å². The Labute approximate surface area is 232 Å². The van der Waals surface area contributed by atoms with E-state index in [0.717, 1.165) is 32.5 Å². The van der Waals surface area contributed by atoms with Crippen LogP contribution in [0.15, 0.2) is 52.5 Å². The maximum absolute atomic E-state index is 13.6. The zero-order valence-electron chi connectivity index (χ0n) is 21.4. The second kappa shape index (κ2) is 9.56. The van der Waals surface area contributed by atoms with E-state index in [1.165, 1.54) is 23.3 Å². The van der Waals surface area contributed by atoms with Gasteiger partial charge in [0.1, 0.15) is 5.76 Å². The van der Waals surface area contributed by atoms with E-state index >= 15 is 0 Å². The molecule has 7 nitrogen and oxygen atoms in total. The van der Waals surface area contributed by atoms with Crippen molar-refractivity contribution < 1.29 is 24.5 Å². The van der Waals surface area contributed by atoms with Gasteiger partial charge in [-0.2, -0.15) is 0 Å². The lowest BCUT2D eigenvalue weighted by atomic mass is 9.93. The van der Waals surface area contributed by atoms with E-state index in [1.54, 1.807) is 18.2 Å². The molecule has 4 aromatic rings. The number of nitrogens with zero attached hydrogens (tertiary/aromatic N) is 2. The first-order chi connectivity index (χ1) is 18.0. The van der Waals surface area contributed by atoms with Crippen LogP contribution in [-0.2, 0) is 9.59 Å². The number of carbonyl (C=O) groups is 2. The number of aromatic hydroxyl groups is 1. The summed E-state index contributed by atoms with van der Waals surface area (Å²) in [6, 6.07) is 11.7. The number of aromatic nitrogens is 1. The van der Waals surface area contributed by atoms with Crippen LogP contribution >= 0.6 is 27.3 Å². The number of rotatable bonds is 4. The highest BCUT2D eigenvalue weighted by Gasteiger charge is 2.48. The lowest BCUT2D eigenvalue weighted by molar-refractivity contribution is -0.132. The molecule has 0 aliphatic carbocycles. The fourth-order valence-electron chi connectivity index (χ4n) is 4.85. The van der Waals surface area contributed by atoms with Gasteiger partial charge in [0.25, 0.3) is 5.78 Å². The molecule has 3 aromatic carbocycles. The highest BCUT2D eigenvalue weighted by molar-refractivity contribution is 9.10. The van der Waals surface area contributed by atoms with Crippen molar-refractivity contribution >= 4 is 60.1 Å². The Bertz CT molecular complexity index is 1690. The van der Waals surface area contributed by atoms with Crippen molar-refractivity contribution in [2.75, 3.05) is 12.0 Å². The van der Waals surface area contributed by atoms with Crippen LogP contribution in [0, 0.1) is 27.7 Å². The summed E-state index contributed by atoms with van der Waals surface area (Å²) in [7, 11) is 1.41. The number of fused-ring (bicyclic) bond motifs is 1. The third-order valence-electron chi connectivity index (χ3n) is 6.70. The molecule has 0 radical (unpaired) electrons. The summed E-state index contributed by atoms with van der Waals surface area (Å²) >= 11 is 4.65. The van der Waals surface area contributed by atoms with Crippen LogP contribution in [0.25, 0.3) is 16.0 Å². The fraction of sp³-hybridized carbons (Fsp3) is 0.207. The van der Waals surface area contributed by atoms with Gasteiger partial charge in [0.2, 0.25) is 0 Å². The Kier molecular flexibility index (Phi) is 6.53. The molecule has 2 heterocycles. The third kappa shape index (κ3) is 4.16. The maximum atomic E-state index is 13.6. The maximum Gasteiger partial charge on any atom is 0.301 e. The van der Waals surface area contributed by atoms with Gasteiger partial charge in [-0.1, -0.05) is 35.1 Å². The number of hydrogen-bond acceptors (Lipinski definition) is 7. The molecule has 1 aromatic heterocycles. The van der Waals surface area contributed by atoms with E-state index in [9.17, 15) is 19.8 Å². The molecule has 1 saturated heterocycles. The number of hydrogen-bond donors (Lipinski definition) is 2. The monoisotopic (exact) mass is 592 g/mol. The minimum Gasteiger partial charge on any atom is -0.507 e. The van der Waals surface area contributed by atoms with E-state index < -0.39 is 17.7 Å². The zero-order chi connectivity index (χ0) is 27.5. The number of aliphatic hydroxyl groups excluding tert-OH is 1. The first-order valence-corrected chi connectivity index (χ1v) is 13.5. The van der Waals surface area contributed by atoms with Gasteiger partial charge in [-0.05, 0) is 90.1 Å². The van der Waals surface area contributed by atoms with Crippen molar-refractivity contribution in [3.05, 3.63) is 85.9 Å². The Morgan fingerprint density at radius 2 is 1.76 bits per heavy atom. The Hall–Kier alpha value is -3.69. The summed E-state index contributed by atoms with van der Waals surface area (Å²) in [6.07, 6.45) is 0. The van der Waals surface area contributed by atoms with Crippen molar-refractivity contribution in [1.29, 1.82) is 0 Å². The van der Waals surface area contributed by atoms with Crippen molar-refractivity contribution in [2.24, 2.45) is 0 Å². The number of Topliss-reactive ketones (excluding diaryl/α,β-unsaturated/α-hetero) is 1. The molecule has 0 saturated carbocycles. The SMILES string of the molecule is COc1cc(C2/C(=C(\O)c3cc(C)ccc3C)C(=O)C(=O)N2c2nc3c(C)cc(C)cc3s2)cc(Br)c1O. The second-order valence-electron chi connectivity index (χ2n) is 9.47. The Balaban J connectivity index is 1.81. The van der Waals surface area contributed by atoms with Gasteiger partial charge >= 0.3 is 5.91 Å². The van der Waals surface area contributed by atoms with Crippen molar-refractivity contribution in [3.63, 3.8) is 0 Å². The molecular formula is C29H25BrN2O5S. The topological polar surface area (TPSA) is 100.0 Å². The Morgan fingerprint density at radius 1 is 1.03 bits per heavy atom. The summed E-state index contributed by atoms with van der Waals surface area (Å²) in [4.78, 5) is 33.3. The molecule has 1 atom stereocenters. The molecule has 1 amide bonds. The molecule has 1 unspecified atom stereocenters. The minimum atomic E-state index is -1.01. The summed E-state index contributed by atoms with van der Waals surface area (Å²) < 4.78 is 6.56. The normalized spacial score (nSPS) is 17.0. The second-order valence-corrected chi connectivity index (χ2v) is 11.3. The largest absolute Gasteiger partial charge is 0.507 e. The number of phenols is 1. The van der Waals surface area contributed by atoms with Crippen LogP contribution in [0.2, 0.25) is 0 Å². The molecule has 2 N–H and O–H groups in total. The van der Waals surface area contributed by atoms with Crippen LogP contribution in [0.5, 0.6) is 11.5 Å². The number of amides is 1.